The first-order chi connectivity index (χ1) is 10.3. The molecule has 1 aliphatic carbocycles. The first-order valence-electron chi connectivity index (χ1n) is 7.37. The minimum Gasteiger partial charge on any atom is -0.235 e. The number of fused-ring (bicyclic) bond motifs is 1. The van der Waals surface area contributed by atoms with Gasteiger partial charge in [0.2, 0.25) is 0 Å². The van der Waals surface area contributed by atoms with E-state index in [0.29, 0.717) is 0 Å². The zero-order chi connectivity index (χ0) is 14.2. The monoisotopic (exact) mass is 279 g/mol. The lowest BCUT2D eigenvalue weighted by atomic mass is 9.96. The van der Waals surface area contributed by atoms with E-state index in [9.17, 15) is 0 Å². The minimum atomic E-state index is 0.835. The van der Waals surface area contributed by atoms with E-state index >= 15 is 0 Å². The van der Waals surface area contributed by atoms with Gasteiger partial charge in [-0.3, -0.25) is 0 Å². The average molecular weight is 279 g/mol. The zero-order valence-electron chi connectivity index (χ0n) is 12.0. The van der Waals surface area contributed by atoms with E-state index < -0.39 is 0 Å². The van der Waals surface area contributed by atoms with Crippen LogP contribution < -0.4 is 0 Å². The maximum absolute atomic E-state index is 4.56. The van der Waals surface area contributed by atoms with Gasteiger partial charge in [-0.25, -0.2) is 14.2 Å². The lowest BCUT2D eigenvalue weighted by molar-refractivity contribution is 0.742. The molecule has 21 heavy (non-hydrogen) atoms. The van der Waals surface area contributed by atoms with Crippen LogP contribution in [0.2, 0.25) is 0 Å². The molecule has 0 spiro atoms. The van der Waals surface area contributed by atoms with Crippen LogP contribution in [0.15, 0.2) is 36.9 Å². The molecule has 0 amide bonds. The summed E-state index contributed by atoms with van der Waals surface area (Å²) in [6, 6.07) is 1.95. The molecular formula is C16H17N5. The average Bonchev–Trinajstić information content (AvgIpc) is 3.14. The van der Waals surface area contributed by atoms with Crippen LogP contribution in [-0.4, -0.2) is 24.4 Å². The van der Waals surface area contributed by atoms with Gasteiger partial charge in [-0.1, -0.05) is 6.08 Å². The third kappa shape index (κ3) is 2.14. The fourth-order valence-electron chi connectivity index (χ4n) is 2.83. The summed E-state index contributed by atoms with van der Waals surface area (Å²) in [7, 11) is 0. The second-order valence-electron chi connectivity index (χ2n) is 5.52. The van der Waals surface area contributed by atoms with Crippen LogP contribution in [0.4, 0.5) is 0 Å². The summed E-state index contributed by atoms with van der Waals surface area (Å²) in [5.41, 5.74) is 5.35. The van der Waals surface area contributed by atoms with Crippen LogP contribution in [0, 0.1) is 6.92 Å². The smallest absolute Gasteiger partial charge is 0.181 e. The van der Waals surface area contributed by atoms with Crippen LogP contribution >= 0.6 is 0 Å². The number of aromatic nitrogens is 5. The highest BCUT2D eigenvalue weighted by molar-refractivity contribution is 5.66. The molecular weight excluding hydrogens is 262 g/mol. The molecule has 5 nitrogen and oxygen atoms in total. The zero-order valence-corrected chi connectivity index (χ0v) is 12.0. The Balaban J connectivity index is 1.77. The molecule has 0 fully saturated rings. The summed E-state index contributed by atoms with van der Waals surface area (Å²) in [5, 5.41) is 8.83. The molecule has 0 saturated carbocycles. The number of nitrogens with zero attached hydrogens (tertiary/aromatic N) is 5. The van der Waals surface area contributed by atoms with E-state index in [4.69, 9.17) is 0 Å². The van der Waals surface area contributed by atoms with E-state index in [1.165, 1.54) is 30.4 Å². The maximum Gasteiger partial charge on any atom is 0.181 e. The standard InChI is InChI=1S/C16H17N5/c1-12-7-8-20-16(19-12)15(10-18-20)21-11-14(9-17-21)13-5-3-2-4-6-13/h5,7-11H,2-4,6H2,1H3. The Hall–Kier alpha value is -2.43. The number of hydrogen-bond donors (Lipinski definition) is 0. The topological polar surface area (TPSA) is 48.0 Å². The van der Waals surface area contributed by atoms with Crippen molar-refractivity contribution in [3.05, 3.63) is 48.2 Å². The Kier molecular flexibility index (Phi) is 2.84. The first-order valence-corrected chi connectivity index (χ1v) is 7.37. The predicted octanol–water partition coefficient (Wildman–Crippen LogP) is 3.18. The van der Waals surface area contributed by atoms with Crippen LogP contribution in [-0.2, 0) is 0 Å². The Morgan fingerprint density at radius 2 is 2.10 bits per heavy atom. The van der Waals surface area contributed by atoms with Crippen LogP contribution in [0.25, 0.3) is 16.9 Å². The third-order valence-corrected chi connectivity index (χ3v) is 3.98. The molecule has 3 heterocycles. The molecule has 0 bridgehead atoms. The molecule has 0 aliphatic heterocycles. The Bertz CT molecular complexity index is 824. The summed E-state index contributed by atoms with van der Waals surface area (Å²) in [4.78, 5) is 4.56. The lowest BCUT2D eigenvalue weighted by Gasteiger charge is -2.10. The highest BCUT2D eigenvalue weighted by Crippen LogP contribution is 2.27. The second-order valence-corrected chi connectivity index (χ2v) is 5.52. The largest absolute Gasteiger partial charge is 0.235 e. The lowest BCUT2D eigenvalue weighted by Crippen LogP contribution is -1.97. The van der Waals surface area contributed by atoms with Gasteiger partial charge >= 0.3 is 0 Å². The molecule has 0 unspecified atom stereocenters. The fourth-order valence-corrected chi connectivity index (χ4v) is 2.83. The van der Waals surface area contributed by atoms with Crippen molar-refractivity contribution in [1.82, 2.24) is 24.4 Å². The van der Waals surface area contributed by atoms with E-state index in [-0.39, 0.29) is 0 Å². The highest BCUT2D eigenvalue weighted by Gasteiger charge is 2.12. The molecule has 0 N–H and O–H groups in total. The Labute approximate surface area is 122 Å². The number of allylic oxidation sites excluding steroid dienone is 2. The van der Waals surface area contributed by atoms with Gasteiger partial charge in [0.25, 0.3) is 0 Å². The van der Waals surface area contributed by atoms with Crippen molar-refractivity contribution < 1.29 is 0 Å². The molecule has 5 heteroatoms. The number of hydrogen-bond acceptors (Lipinski definition) is 3. The van der Waals surface area contributed by atoms with Gasteiger partial charge in [0.05, 0.1) is 12.4 Å². The molecule has 4 rings (SSSR count). The van der Waals surface area contributed by atoms with Crippen LogP contribution in [0.3, 0.4) is 0 Å². The number of aryl methyl sites for hydroxylation is 1. The van der Waals surface area contributed by atoms with Crippen LogP contribution in [0.5, 0.6) is 0 Å². The molecule has 0 saturated heterocycles. The molecule has 106 valence electrons. The molecule has 1 aliphatic rings. The maximum atomic E-state index is 4.56. The highest BCUT2D eigenvalue weighted by atomic mass is 15.3. The molecule has 0 aromatic carbocycles. The van der Waals surface area contributed by atoms with Crippen molar-refractivity contribution in [3.8, 4) is 5.69 Å². The molecule has 0 radical (unpaired) electrons. The molecule has 3 aromatic heterocycles. The van der Waals surface area contributed by atoms with Gasteiger partial charge in [0.15, 0.2) is 5.65 Å². The fraction of sp³-hybridized carbons (Fsp3) is 0.312. The third-order valence-electron chi connectivity index (χ3n) is 3.98. The van der Waals surface area contributed by atoms with Gasteiger partial charge in [-0.15, -0.1) is 0 Å². The van der Waals surface area contributed by atoms with Gasteiger partial charge < -0.3 is 0 Å². The summed E-state index contributed by atoms with van der Waals surface area (Å²) < 4.78 is 3.66. The quantitative estimate of drug-likeness (QED) is 0.724. The molecule has 0 atom stereocenters. The minimum absolute atomic E-state index is 0.835. The van der Waals surface area contributed by atoms with Gasteiger partial charge in [-0.05, 0) is 44.2 Å². The predicted molar refractivity (Wildman–Crippen MR) is 81.3 cm³/mol. The van der Waals surface area contributed by atoms with E-state index in [2.05, 4.69) is 27.5 Å². The van der Waals surface area contributed by atoms with E-state index in [1.807, 2.05) is 36.3 Å². The summed E-state index contributed by atoms with van der Waals surface area (Å²) >= 11 is 0. The normalized spacial score (nSPS) is 15.4. The van der Waals surface area contributed by atoms with Gasteiger partial charge in [0.1, 0.15) is 5.69 Å². The molecule has 3 aromatic rings. The first kappa shape index (κ1) is 12.3. The van der Waals surface area contributed by atoms with Crippen molar-refractivity contribution in [3.63, 3.8) is 0 Å². The van der Waals surface area contributed by atoms with Crippen molar-refractivity contribution in [1.29, 1.82) is 0 Å². The van der Waals surface area contributed by atoms with Crippen molar-refractivity contribution in [2.45, 2.75) is 32.6 Å². The second kappa shape index (κ2) is 4.84. The van der Waals surface area contributed by atoms with E-state index in [1.54, 1.807) is 4.52 Å². The summed E-state index contributed by atoms with van der Waals surface area (Å²) in [5.74, 6) is 0. The summed E-state index contributed by atoms with van der Waals surface area (Å²) in [6.45, 7) is 1.98. The summed E-state index contributed by atoms with van der Waals surface area (Å²) in [6.07, 6.45) is 15.0. The SMILES string of the molecule is Cc1ccn2ncc(-n3cc(C4=CCCCC4)cn3)c2n1. The van der Waals surface area contributed by atoms with E-state index in [0.717, 1.165) is 23.4 Å². The van der Waals surface area contributed by atoms with Crippen LogP contribution in [0.1, 0.15) is 36.9 Å². The Morgan fingerprint density at radius 1 is 1.14 bits per heavy atom. The van der Waals surface area contributed by atoms with Crippen molar-refractivity contribution in [2.24, 2.45) is 0 Å². The van der Waals surface area contributed by atoms with Crippen molar-refractivity contribution in [2.75, 3.05) is 0 Å². The van der Waals surface area contributed by atoms with Gasteiger partial charge in [-0.2, -0.15) is 10.2 Å². The Morgan fingerprint density at radius 3 is 2.95 bits per heavy atom. The number of rotatable bonds is 2. The van der Waals surface area contributed by atoms with Crippen molar-refractivity contribution >= 4 is 11.2 Å². The van der Waals surface area contributed by atoms with Gasteiger partial charge in [0, 0.05) is 23.7 Å².